The van der Waals surface area contributed by atoms with E-state index in [2.05, 4.69) is 24.3 Å². The molecule has 146 valence electrons. The van der Waals surface area contributed by atoms with Crippen molar-refractivity contribution < 1.29 is 22.7 Å². The Bertz CT molecular complexity index is 923. The molecule has 0 unspecified atom stereocenters. The number of aryl methyl sites for hydroxylation is 1. The third-order valence-corrected chi connectivity index (χ3v) is 6.40. The summed E-state index contributed by atoms with van der Waals surface area (Å²) in [7, 11) is -2.70. The second-order valence-electron chi connectivity index (χ2n) is 5.81. The summed E-state index contributed by atoms with van der Waals surface area (Å²) < 4.78 is 37.6. The smallest absolute Gasteiger partial charge is 0.349 e. The van der Waals surface area contributed by atoms with E-state index in [1.54, 1.807) is 0 Å². The number of ether oxygens (including phenoxy) is 2. The summed E-state index contributed by atoms with van der Waals surface area (Å²) in [4.78, 5) is 22.5. The van der Waals surface area contributed by atoms with Crippen molar-refractivity contribution in [2.45, 2.75) is 18.4 Å². The van der Waals surface area contributed by atoms with Crippen LogP contribution in [0.15, 0.2) is 22.4 Å². The van der Waals surface area contributed by atoms with Crippen molar-refractivity contribution in [3.05, 3.63) is 33.9 Å². The van der Waals surface area contributed by atoms with Crippen molar-refractivity contribution >= 4 is 33.1 Å². The second kappa shape index (κ2) is 8.30. The molecule has 9 nitrogen and oxygen atoms in total. The third-order valence-electron chi connectivity index (χ3n) is 3.93. The summed E-state index contributed by atoms with van der Waals surface area (Å²) in [5.74, 6) is 0.410. The van der Waals surface area contributed by atoms with E-state index in [0.29, 0.717) is 19.0 Å². The van der Waals surface area contributed by atoms with E-state index < -0.39 is 16.0 Å². The molecule has 1 N–H and O–H groups in total. The van der Waals surface area contributed by atoms with E-state index in [1.807, 2.05) is 13.0 Å². The van der Waals surface area contributed by atoms with Gasteiger partial charge >= 0.3 is 5.97 Å². The van der Waals surface area contributed by atoms with E-state index in [9.17, 15) is 13.2 Å². The van der Waals surface area contributed by atoms with Gasteiger partial charge in [0.2, 0.25) is 10.0 Å². The Morgan fingerprint density at radius 2 is 2.11 bits per heavy atom. The van der Waals surface area contributed by atoms with Crippen molar-refractivity contribution in [1.82, 2.24) is 14.7 Å². The van der Waals surface area contributed by atoms with Crippen LogP contribution in [-0.2, 0) is 26.0 Å². The molecule has 0 aromatic carbocycles. The highest BCUT2D eigenvalue weighted by molar-refractivity contribution is 7.89. The van der Waals surface area contributed by atoms with Gasteiger partial charge in [0.15, 0.2) is 0 Å². The number of aromatic nitrogens is 2. The van der Waals surface area contributed by atoms with Gasteiger partial charge in [-0.05, 0) is 18.4 Å². The lowest BCUT2D eigenvalue weighted by Crippen LogP contribution is -2.37. The first-order valence-corrected chi connectivity index (χ1v) is 10.6. The molecule has 3 rings (SSSR count). The average Bonchev–Trinajstić information content (AvgIpc) is 3.17. The number of sulfonamides is 1. The Labute approximate surface area is 161 Å². The van der Waals surface area contributed by atoms with Gasteiger partial charge < -0.3 is 14.4 Å². The number of thiophene rings is 1. The molecular weight excluding hydrogens is 392 g/mol. The zero-order valence-corrected chi connectivity index (χ0v) is 16.6. The number of hydrogen-bond acceptors (Lipinski definition) is 9. The number of carbonyl (C=O) groups excluding carboxylic acids is 1. The quantitative estimate of drug-likeness (QED) is 0.698. The number of morpholine rings is 1. The fraction of sp³-hybridized carbons (Fsp3) is 0.438. The zero-order valence-electron chi connectivity index (χ0n) is 15.0. The van der Waals surface area contributed by atoms with E-state index in [-0.39, 0.29) is 16.3 Å². The van der Waals surface area contributed by atoms with Crippen LogP contribution in [-0.4, -0.2) is 57.8 Å². The van der Waals surface area contributed by atoms with E-state index in [0.717, 1.165) is 35.9 Å². The van der Waals surface area contributed by atoms with Gasteiger partial charge in [-0.1, -0.05) is 0 Å². The number of esters is 1. The number of methoxy groups -OCH3 is 1. The summed E-state index contributed by atoms with van der Waals surface area (Å²) in [6.07, 6.45) is 0. The predicted molar refractivity (Wildman–Crippen MR) is 99.5 cm³/mol. The maximum Gasteiger partial charge on any atom is 0.349 e. The molecule has 0 atom stereocenters. The van der Waals surface area contributed by atoms with Crippen LogP contribution in [0, 0.1) is 6.92 Å². The lowest BCUT2D eigenvalue weighted by molar-refractivity contribution is 0.0602. The fourth-order valence-corrected chi connectivity index (χ4v) is 4.95. The van der Waals surface area contributed by atoms with E-state index in [4.69, 9.17) is 4.74 Å². The van der Waals surface area contributed by atoms with Crippen molar-refractivity contribution in [3.8, 4) is 0 Å². The molecule has 1 fully saturated rings. The van der Waals surface area contributed by atoms with Gasteiger partial charge in [0.05, 0.1) is 26.9 Å². The van der Waals surface area contributed by atoms with Crippen LogP contribution in [0.5, 0.6) is 0 Å². The van der Waals surface area contributed by atoms with E-state index >= 15 is 0 Å². The minimum Gasteiger partial charge on any atom is -0.465 e. The lowest BCUT2D eigenvalue weighted by atomic mass is 10.3. The predicted octanol–water partition coefficient (Wildman–Crippen LogP) is 0.948. The standard InChI is InChI=1S/C16H20N4O5S2/c1-11-9-14(20-4-6-25-7-5-20)19-13(18-11)10-17-27(22,23)12-3-8-26-15(12)16(21)24-2/h3,8-9,17H,4-7,10H2,1-2H3. The number of anilines is 1. The first-order chi connectivity index (χ1) is 12.9. The molecule has 0 saturated carbocycles. The highest BCUT2D eigenvalue weighted by Gasteiger charge is 2.25. The van der Waals surface area contributed by atoms with Crippen molar-refractivity contribution in [2.24, 2.45) is 0 Å². The number of nitrogens with zero attached hydrogens (tertiary/aromatic N) is 3. The zero-order chi connectivity index (χ0) is 19.4. The minimum absolute atomic E-state index is 0.0316. The highest BCUT2D eigenvalue weighted by Crippen LogP contribution is 2.23. The minimum atomic E-state index is -3.91. The maximum atomic E-state index is 12.6. The molecule has 0 bridgehead atoms. The average molecular weight is 412 g/mol. The maximum absolute atomic E-state index is 12.6. The molecule has 2 aromatic heterocycles. The Morgan fingerprint density at radius 3 is 2.81 bits per heavy atom. The van der Waals surface area contributed by atoms with Gasteiger partial charge in [-0.15, -0.1) is 11.3 Å². The fourth-order valence-electron chi connectivity index (χ4n) is 2.63. The van der Waals surface area contributed by atoms with Gasteiger partial charge in [-0.2, -0.15) is 0 Å². The normalized spacial score (nSPS) is 15.0. The van der Waals surface area contributed by atoms with Crippen LogP contribution >= 0.6 is 11.3 Å². The van der Waals surface area contributed by atoms with Crippen LogP contribution in [0.25, 0.3) is 0 Å². The Kier molecular flexibility index (Phi) is 6.05. The van der Waals surface area contributed by atoms with Crippen LogP contribution in [0.3, 0.4) is 0 Å². The molecule has 0 spiro atoms. The van der Waals surface area contributed by atoms with Gasteiger partial charge in [0.1, 0.15) is 21.4 Å². The molecular formula is C16H20N4O5S2. The molecule has 3 heterocycles. The lowest BCUT2D eigenvalue weighted by Gasteiger charge is -2.28. The second-order valence-corrected chi connectivity index (χ2v) is 8.46. The molecule has 0 radical (unpaired) electrons. The Morgan fingerprint density at radius 1 is 1.37 bits per heavy atom. The molecule has 2 aromatic rings. The number of carbonyl (C=O) groups is 1. The largest absolute Gasteiger partial charge is 0.465 e. The third kappa shape index (κ3) is 4.61. The SMILES string of the molecule is COC(=O)c1sccc1S(=O)(=O)NCc1nc(C)cc(N2CCOCC2)n1. The van der Waals surface area contributed by atoms with Crippen LogP contribution in [0.4, 0.5) is 5.82 Å². The molecule has 1 aliphatic rings. The summed E-state index contributed by atoms with van der Waals surface area (Å²) >= 11 is 1.01. The Balaban J connectivity index is 1.77. The number of hydrogen-bond donors (Lipinski definition) is 1. The molecule has 0 aliphatic carbocycles. The van der Waals surface area contributed by atoms with Gasteiger partial charge in [0.25, 0.3) is 0 Å². The summed E-state index contributed by atoms with van der Waals surface area (Å²) in [5, 5.41) is 1.53. The molecule has 1 aliphatic heterocycles. The monoisotopic (exact) mass is 412 g/mol. The Hall–Kier alpha value is -2.08. The molecule has 27 heavy (non-hydrogen) atoms. The first kappa shape index (κ1) is 19.7. The van der Waals surface area contributed by atoms with Gasteiger partial charge in [-0.25, -0.2) is 27.9 Å². The van der Waals surface area contributed by atoms with E-state index in [1.165, 1.54) is 18.6 Å². The van der Waals surface area contributed by atoms with Gasteiger partial charge in [0, 0.05) is 24.8 Å². The molecule has 11 heteroatoms. The summed E-state index contributed by atoms with van der Waals surface area (Å²) in [5.41, 5.74) is 0.742. The van der Waals surface area contributed by atoms with Crippen molar-refractivity contribution in [2.75, 3.05) is 38.3 Å². The number of rotatable bonds is 6. The van der Waals surface area contributed by atoms with Crippen LogP contribution in [0.2, 0.25) is 0 Å². The highest BCUT2D eigenvalue weighted by atomic mass is 32.2. The topological polar surface area (TPSA) is 111 Å². The summed E-state index contributed by atoms with van der Waals surface area (Å²) in [6, 6.07) is 3.23. The summed E-state index contributed by atoms with van der Waals surface area (Å²) in [6.45, 7) is 4.44. The van der Waals surface area contributed by atoms with Crippen LogP contribution < -0.4 is 9.62 Å². The number of nitrogens with one attached hydrogen (secondary N) is 1. The van der Waals surface area contributed by atoms with Crippen molar-refractivity contribution in [1.29, 1.82) is 0 Å². The van der Waals surface area contributed by atoms with Crippen LogP contribution in [0.1, 0.15) is 21.2 Å². The first-order valence-electron chi connectivity index (χ1n) is 8.23. The van der Waals surface area contributed by atoms with Crippen molar-refractivity contribution in [3.63, 3.8) is 0 Å². The molecule has 0 amide bonds. The van der Waals surface area contributed by atoms with Gasteiger partial charge in [-0.3, -0.25) is 0 Å². The molecule has 1 saturated heterocycles.